The lowest BCUT2D eigenvalue weighted by molar-refractivity contribution is 0.186. The van der Waals surface area contributed by atoms with Gasteiger partial charge in [-0.25, -0.2) is 4.39 Å². The third kappa shape index (κ3) is 6.97. The third-order valence-corrected chi connectivity index (χ3v) is 7.70. The fourth-order valence-corrected chi connectivity index (χ4v) is 5.74. The summed E-state index contributed by atoms with van der Waals surface area (Å²) in [6.45, 7) is 4.52. The van der Waals surface area contributed by atoms with Crippen molar-refractivity contribution >= 4 is 0 Å². The summed E-state index contributed by atoms with van der Waals surface area (Å²) >= 11 is 0. The molecule has 2 aliphatic rings. The zero-order valence-electron chi connectivity index (χ0n) is 19.0. The van der Waals surface area contributed by atoms with Gasteiger partial charge in [-0.15, -0.1) is 0 Å². The van der Waals surface area contributed by atoms with E-state index >= 15 is 0 Å². The summed E-state index contributed by atoms with van der Waals surface area (Å²) in [4.78, 5) is 0. The fraction of sp³-hybridized carbons (Fsp3) is 0.714. The van der Waals surface area contributed by atoms with Crippen LogP contribution in [-0.2, 0) is 12.8 Å². The minimum Gasteiger partial charge on any atom is -0.207 e. The Morgan fingerprint density at radius 1 is 0.862 bits per heavy atom. The largest absolute Gasteiger partial charge is 0.207 e. The van der Waals surface area contributed by atoms with Crippen LogP contribution in [0.3, 0.4) is 0 Å². The molecule has 0 heterocycles. The van der Waals surface area contributed by atoms with Gasteiger partial charge >= 0.3 is 0 Å². The number of hydrogen-bond acceptors (Lipinski definition) is 0. The monoisotopic (exact) mass is 398 g/mol. The molecule has 3 rings (SSSR count). The van der Waals surface area contributed by atoms with Gasteiger partial charge < -0.3 is 0 Å². The van der Waals surface area contributed by atoms with Crippen LogP contribution >= 0.6 is 0 Å². The average molecular weight is 399 g/mol. The van der Waals surface area contributed by atoms with Gasteiger partial charge in [0.2, 0.25) is 0 Å². The van der Waals surface area contributed by atoms with Crippen LogP contribution in [0.2, 0.25) is 0 Å². The topological polar surface area (TPSA) is 0 Å². The van der Waals surface area contributed by atoms with Gasteiger partial charge in [0.25, 0.3) is 0 Å². The van der Waals surface area contributed by atoms with E-state index in [1.807, 2.05) is 6.07 Å². The highest BCUT2D eigenvalue weighted by Crippen LogP contribution is 2.41. The number of halogens is 1. The predicted molar refractivity (Wildman–Crippen MR) is 124 cm³/mol. The average Bonchev–Trinajstić information content (AvgIpc) is 2.75. The Hall–Kier alpha value is -1.11. The first-order chi connectivity index (χ1) is 14.2. The molecule has 1 fully saturated rings. The van der Waals surface area contributed by atoms with Gasteiger partial charge in [0, 0.05) is 0 Å². The van der Waals surface area contributed by atoms with E-state index in [0.29, 0.717) is 0 Å². The Balaban J connectivity index is 1.41. The molecule has 1 aromatic carbocycles. The van der Waals surface area contributed by atoms with Gasteiger partial charge in [-0.3, -0.25) is 0 Å². The normalized spacial score (nSPS) is 25.1. The number of allylic oxidation sites excluding steroid dienone is 2. The molecule has 0 spiro atoms. The molecule has 1 atom stereocenters. The van der Waals surface area contributed by atoms with Crippen molar-refractivity contribution < 1.29 is 4.39 Å². The van der Waals surface area contributed by atoms with Crippen LogP contribution < -0.4 is 0 Å². The molecule has 1 heteroatoms. The summed E-state index contributed by atoms with van der Waals surface area (Å²) in [6, 6.07) is 5.98. The Labute approximate surface area is 179 Å². The Kier molecular flexibility index (Phi) is 9.28. The van der Waals surface area contributed by atoms with Gasteiger partial charge in [-0.2, -0.15) is 0 Å². The van der Waals surface area contributed by atoms with Crippen molar-refractivity contribution in [3.63, 3.8) is 0 Å². The van der Waals surface area contributed by atoms with E-state index < -0.39 is 0 Å². The molecular weight excluding hydrogens is 355 g/mol. The van der Waals surface area contributed by atoms with E-state index in [1.165, 1.54) is 76.2 Å². The summed E-state index contributed by atoms with van der Waals surface area (Å²) in [6.07, 6.45) is 21.7. The van der Waals surface area contributed by atoms with Crippen molar-refractivity contribution in [1.29, 1.82) is 0 Å². The minimum atomic E-state index is 0.00923. The van der Waals surface area contributed by atoms with Crippen LogP contribution in [0.4, 0.5) is 4.39 Å². The summed E-state index contributed by atoms with van der Waals surface area (Å²) in [5, 5.41) is 0. The minimum absolute atomic E-state index is 0.00923. The van der Waals surface area contributed by atoms with Crippen molar-refractivity contribution in [3.05, 3.63) is 46.8 Å². The zero-order chi connectivity index (χ0) is 20.5. The molecule has 0 N–H and O–H groups in total. The van der Waals surface area contributed by atoms with Gasteiger partial charge in [0.05, 0.1) is 0 Å². The molecule has 1 unspecified atom stereocenters. The highest BCUT2D eigenvalue weighted by atomic mass is 19.1. The zero-order valence-corrected chi connectivity index (χ0v) is 19.0. The highest BCUT2D eigenvalue weighted by Gasteiger charge is 2.28. The molecular formula is C28H43F. The van der Waals surface area contributed by atoms with Gasteiger partial charge in [-0.1, -0.05) is 76.2 Å². The first kappa shape index (κ1) is 22.6. The van der Waals surface area contributed by atoms with Crippen LogP contribution in [0.25, 0.3) is 0 Å². The van der Waals surface area contributed by atoms with Crippen molar-refractivity contribution in [2.45, 2.75) is 110 Å². The highest BCUT2D eigenvalue weighted by molar-refractivity contribution is 5.25. The molecule has 0 nitrogen and oxygen atoms in total. The molecule has 29 heavy (non-hydrogen) atoms. The first-order valence-corrected chi connectivity index (χ1v) is 12.6. The number of unbranched alkanes of at least 4 members (excludes halogenated alkanes) is 2. The summed E-state index contributed by atoms with van der Waals surface area (Å²) < 4.78 is 14.4. The fourth-order valence-electron chi connectivity index (χ4n) is 5.74. The second kappa shape index (κ2) is 11.9. The number of rotatable bonds is 10. The first-order valence-electron chi connectivity index (χ1n) is 12.6. The summed E-state index contributed by atoms with van der Waals surface area (Å²) in [5.41, 5.74) is 3.68. The maximum atomic E-state index is 14.4. The van der Waals surface area contributed by atoms with E-state index in [1.54, 1.807) is 11.6 Å². The Bertz CT molecular complexity index is 636. The molecule has 0 radical (unpaired) electrons. The maximum absolute atomic E-state index is 14.4. The van der Waals surface area contributed by atoms with Crippen LogP contribution in [-0.4, -0.2) is 0 Å². The third-order valence-electron chi connectivity index (χ3n) is 7.70. The summed E-state index contributed by atoms with van der Waals surface area (Å²) in [7, 11) is 0. The van der Waals surface area contributed by atoms with Crippen molar-refractivity contribution in [1.82, 2.24) is 0 Å². The summed E-state index contributed by atoms with van der Waals surface area (Å²) in [5.74, 6) is 2.94. The molecule has 0 saturated heterocycles. The van der Waals surface area contributed by atoms with E-state index in [-0.39, 0.29) is 5.82 Å². The van der Waals surface area contributed by atoms with Crippen molar-refractivity contribution in [2.24, 2.45) is 17.8 Å². The van der Waals surface area contributed by atoms with Gasteiger partial charge in [0.15, 0.2) is 0 Å². The van der Waals surface area contributed by atoms with E-state index in [0.717, 1.165) is 49.0 Å². The molecule has 0 amide bonds. The molecule has 2 aliphatic carbocycles. The smallest absolute Gasteiger partial charge is 0.126 e. The standard InChI is InChI=1S/C28H43F/c1-3-5-6-8-27-20-15-24(21-28(27)29)10-9-23-13-18-26(19-14-23)25-16-11-22(7-4-2)12-17-25/h13,15,20-22,25-26H,3-12,14,16-19H2,1-2H3. The van der Waals surface area contributed by atoms with Crippen LogP contribution in [0.5, 0.6) is 0 Å². The quantitative estimate of drug-likeness (QED) is 0.273. The Morgan fingerprint density at radius 3 is 2.34 bits per heavy atom. The van der Waals surface area contributed by atoms with Gasteiger partial charge in [0.1, 0.15) is 5.82 Å². The van der Waals surface area contributed by atoms with Crippen molar-refractivity contribution in [3.8, 4) is 0 Å². The van der Waals surface area contributed by atoms with Crippen molar-refractivity contribution in [2.75, 3.05) is 0 Å². The van der Waals surface area contributed by atoms with Gasteiger partial charge in [-0.05, 0) is 92.7 Å². The van der Waals surface area contributed by atoms with E-state index in [2.05, 4.69) is 26.0 Å². The molecule has 0 bridgehead atoms. The van der Waals surface area contributed by atoms with E-state index in [4.69, 9.17) is 0 Å². The SMILES string of the molecule is CCCCCc1ccc(CCC2=CCC(C3CCC(CCC)CC3)CC2)cc1F. The molecule has 1 saturated carbocycles. The number of hydrogen-bond donors (Lipinski definition) is 0. The lowest BCUT2D eigenvalue weighted by Crippen LogP contribution is -2.23. The Morgan fingerprint density at radius 2 is 1.69 bits per heavy atom. The molecule has 0 aliphatic heterocycles. The predicted octanol–water partition coefficient (Wildman–Crippen LogP) is 8.82. The van der Waals surface area contributed by atoms with Crippen LogP contribution in [0, 0.1) is 23.6 Å². The number of benzene rings is 1. The van der Waals surface area contributed by atoms with E-state index in [9.17, 15) is 4.39 Å². The molecule has 0 aromatic heterocycles. The second-order valence-electron chi connectivity index (χ2n) is 9.85. The molecule has 162 valence electrons. The van der Waals surface area contributed by atoms with Crippen LogP contribution in [0.1, 0.15) is 108 Å². The number of aryl methyl sites for hydroxylation is 2. The lowest BCUT2D eigenvalue weighted by atomic mass is 9.70. The maximum Gasteiger partial charge on any atom is 0.126 e. The second-order valence-corrected chi connectivity index (χ2v) is 9.85. The lowest BCUT2D eigenvalue weighted by Gasteiger charge is -2.35. The van der Waals surface area contributed by atoms with Crippen LogP contribution in [0.15, 0.2) is 29.8 Å². The molecule has 1 aromatic rings.